The summed E-state index contributed by atoms with van der Waals surface area (Å²) in [5.74, 6) is 3.08. The van der Waals surface area contributed by atoms with Crippen LogP contribution in [0.5, 0.6) is 0 Å². The molecule has 2 aromatic rings. The molecule has 1 aliphatic rings. The normalized spacial score (nSPS) is 19.0. The number of anilines is 1. The largest absolute Gasteiger partial charge is 0.361 e. The van der Waals surface area contributed by atoms with Crippen molar-refractivity contribution in [1.29, 1.82) is 0 Å². The van der Waals surface area contributed by atoms with E-state index < -0.39 is 0 Å². The fourth-order valence-corrected chi connectivity index (χ4v) is 2.69. The summed E-state index contributed by atoms with van der Waals surface area (Å²) in [7, 11) is 0. The van der Waals surface area contributed by atoms with E-state index in [2.05, 4.69) is 28.9 Å². The SMILES string of the molecule is Cc1cc(C2CCCN2c2ccnc(C(C)C)n2)no1. The average molecular weight is 272 g/mol. The molecule has 3 heterocycles. The maximum absolute atomic E-state index is 5.21. The van der Waals surface area contributed by atoms with E-state index in [0.29, 0.717) is 5.92 Å². The highest BCUT2D eigenvalue weighted by atomic mass is 16.5. The van der Waals surface area contributed by atoms with E-state index in [-0.39, 0.29) is 6.04 Å². The van der Waals surface area contributed by atoms with E-state index >= 15 is 0 Å². The Morgan fingerprint density at radius 3 is 2.95 bits per heavy atom. The van der Waals surface area contributed by atoms with Gasteiger partial charge in [-0.2, -0.15) is 0 Å². The summed E-state index contributed by atoms with van der Waals surface area (Å²) in [6.45, 7) is 7.16. The molecule has 0 bridgehead atoms. The van der Waals surface area contributed by atoms with E-state index in [1.54, 1.807) is 0 Å². The van der Waals surface area contributed by atoms with Gasteiger partial charge in [-0.3, -0.25) is 0 Å². The molecule has 3 rings (SSSR count). The summed E-state index contributed by atoms with van der Waals surface area (Å²) in [5.41, 5.74) is 1.00. The molecule has 0 N–H and O–H groups in total. The fourth-order valence-electron chi connectivity index (χ4n) is 2.69. The van der Waals surface area contributed by atoms with Crippen LogP contribution in [0.2, 0.25) is 0 Å². The quantitative estimate of drug-likeness (QED) is 0.858. The minimum atomic E-state index is 0.266. The maximum atomic E-state index is 5.21. The van der Waals surface area contributed by atoms with Gasteiger partial charge >= 0.3 is 0 Å². The standard InChI is InChI=1S/C15H20N4O/c1-10(2)15-16-7-6-14(17-15)19-8-4-5-13(19)12-9-11(3)20-18-12/h6-7,9-10,13H,4-5,8H2,1-3H3. The van der Waals surface area contributed by atoms with Crippen molar-refractivity contribution in [1.82, 2.24) is 15.1 Å². The van der Waals surface area contributed by atoms with Crippen molar-refractivity contribution in [3.8, 4) is 0 Å². The molecule has 106 valence electrons. The highest BCUT2D eigenvalue weighted by Gasteiger charge is 2.29. The Hall–Kier alpha value is -1.91. The lowest BCUT2D eigenvalue weighted by Crippen LogP contribution is -2.24. The zero-order chi connectivity index (χ0) is 14.1. The first-order valence-corrected chi connectivity index (χ1v) is 7.18. The van der Waals surface area contributed by atoms with Crippen LogP contribution in [-0.4, -0.2) is 21.7 Å². The number of rotatable bonds is 3. The third-order valence-corrected chi connectivity index (χ3v) is 3.71. The minimum Gasteiger partial charge on any atom is -0.361 e. The van der Waals surface area contributed by atoms with Gasteiger partial charge in [-0.25, -0.2) is 9.97 Å². The smallest absolute Gasteiger partial charge is 0.134 e. The van der Waals surface area contributed by atoms with Gasteiger partial charge in [0.2, 0.25) is 0 Å². The van der Waals surface area contributed by atoms with Crippen LogP contribution >= 0.6 is 0 Å². The summed E-state index contributed by atoms with van der Waals surface area (Å²) in [6, 6.07) is 4.27. The Balaban J connectivity index is 1.90. The molecule has 1 saturated heterocycles. The first-order valence-electron chi connectivity index (χ1n) is 7.18. The number of aromatic nitrogens is 3. The third-order valence-electron chi connectivity index (χ3n) is 3.71. The number of aryl methyl sites for hydroxylation is 1. The second kappa shape index (κ2) is 5.23. The first-order chi connectivity index (χ1) is 9.65. The van der Waals surface area contributed by atoms with E-state index in [1.165, 1.54) is 0 Å². The van der Waals surface area contributed by atoms with Gasteiger partial charge in [-0.05, 0) is 25.8 Å². The molecule has 0 aliphatic carbocycles. The lowest BCUT2D eigenvalue weighted by Gasteiger charge is -2.24. The summed E-state index contributed by atoms with van der Waals surface area (Å²) in [6.07, 6.45) is 4.09. The van der Waals surface area contributed by atoms with Gasteiger partial charge in [0, 0.05) is 24.7 Å². The Kier molecular flexibility index (Phi) is 3.42. The van der Waals surface area contributed by atoms with Crippen molar-refractivity contribution in [2.24, 2.45) is 0 Å². The number of hydrogen-bond acceptors (Lipinski definition) is 5. The lowest BCUT2D eigenvalue weighted by molar-refractivity contribution is 0.385. The third kappa shape index (κ3) is 2.40. The van der Waals surface area contributed by atoms with Crippen molar-refractivity contribution < 1.29 is 4.52 Å². The molecule has 1 atom stereocenters. The van der Waals surface area contributed by atoms with Gasteiger partial charge in [-0.1, -0.05) is 19.0 Å². The molecule has 1 fully saturated rings. The van der Waals surface area contributed by atoms with E-state index in [9.17, 15) is 0 Å². The van der Waals surface area contributed by atoms with Crippen LogP contribution in [0.25, 0.3) is 0 Å². The van der Waals surface area contributed by atoms with E-state index in [0.717, 1.165) is 42.5 Å². The van der Waals surface area contributed by atoms with E-state index in [1.807, 2.05) is 25.3 Å². The monoisotopic (exact) mass is 272 g/mol. The Morgan fingerprint density at radius 1 is 1.40 bits per heavy atom. The van der Waals surface area contributed by atoms with Crippen LogP contribution in [0.3, 0.4) is 0 Å². The van der Waals surface area contributed by atoms with Crippen LogP contribution in [0.1, 0.15) is 55.9 Å². The fraction of sp³-hybridized carbons (Fsp3) is 0.533. The predicted molar refractivity (Wildman–Crippen MR) is 76.7 cm³/mol. The molecule has 0 amide bonds. The van der Waals surface area contributed by atoms with Crippen molar-refractivity contribution in [3.63, 3.8) is 0 Å². The van der Waals surface area contributed by atoms with Gasteiger partial charge in [0.25, 0.3) is 0 Å². The van der Waals surface area contributed by atoms with Crippen molar-refractivity contribution >= 4 is 5.82 Å². The Labute approximate surface area is 119 Å². The van der Waals surface area contributed by atoms with E-state index in [4.69, 9.17) is 9.51 Å². The zero-order valence-corrected chi connectivity index (χ0v) is 12.2. The lowest BCUT2D eigenvalue weighted by atomic mass is 10.1. The molecule has 20 heavy (non-hydrogen) atoms. The molecule has 5 heteroatoms. The molecular formula is C15H20N4O. The topological polar surface area (TPSA) is 55.1 Å². The van der Waals surface area contributed by atoms with Crippen molar-refractivity contribution in [2.75, 3.05) is 11.4 Å². The Bertz CT molecular complexity index is 593. The van der Waals surface area contributed by atoms with Gasteiger partial charge in [0.15, 0.2) is 0 Å². The molecule has 0 spiro atoms. The molecule has 1 aliphatic heterocycles. The van der Waals surface area contributed by atoms with Gasteiger partial charge in [0.05, 0.1) is 6.04 Å². The van der Waals surface area contributed by atoms with Crippen molar-refractivity contribution in [2.45, 2.75) is 45.6 Å². The molecule has 0 saturated carbocycles. The molecule has 0 radical (unpaired) electrons. The average Bonchev–Trinajstić information content (AvgIpc) is 3.07. The number of nitrogens with zero attached hydrogens (tertiary/aromatic N) is 4. The minimum absolute atomic E-state index is 0.266. The first kappa shape index (κ1) is 13.1. The van der Waals surface area contributed by atoms with Gasteiger partial charge in [-0.15, -0.1) is 0 Å². The molecule has 1 unspecified atom stereocenters. The summed E-state index contributed by atoms with van der Waals surface area (Å²) >= 11 is 0. The predicted octanol–water partition coefficient (Wildman–Crippen LogP) is 3.24. The highest BCUT2D eigenvalue weighted by Crippen LogP contribution is 2.34. The van der Waals surface area contributed by atoms with Crippen molar-refractivity contribution in [3.05, 3.63) is 35.6 Å². The van der Waals surface area contributed by atoms with Crippen LogP contribution in [0, 0.1) is 6.92 Å². The Morgan fingerprint density at radius 2 is 2.25 bits per heavy atom. The van der Waals surface area contributed by atoms with Crippen LogP contribution in [0.15, 0.2) is 22.9 Å². The second-order valence-corrected chi connectivity index (χ2v) is 5.64. The summed E-state index contributed by atoms with van der Waals surface area (Å²) in [4.78, 5) is 11.3. The molecule has 5 nitrogen and oxygen atoms in total. The zero-order valence-electron chi connectivity index (χ0n) is 12.2. The van der Waals surface area contributed by atoms with Crippen LogP contribution < -0.4 is 4.90 Å². The van der Waals surface area contributed by atoms with Crippen LogP contribution in [0.4, 0.5) is 5.82 Å². The summed E-state index contributed by atoms with van der Waals surface area (Å²) < 4.78 is 5.21. The number of hydrogen-bond donors (Lipinski definition) is 0. The second-order valence-electron chi connectivity index (χ2n) is 5.64. The molecule has 2 aromatic heterocycles. The maximum Gasteiger partial charge on any atom is 0.134 e. The van der Waals surface area contributed by atoms with Gasteiger partial charge in [0.1, 0.15) is 23.1 Å². The molecule has 0 aromatic carbocycles. The molecular weight excluding hydrogens is 252 g/mol. The van der Waals surface area contributed by atoms with Crippen LogP contribution in [-0.2, 0) is 0 Å². The van der Waals surface area contributed by atoms with Gasteiger partial charge < -0.3 is 9.42 Å². The highest BCUT2D eigenvalue weighted by molar-refractivity contribution is 5.42. The summed E-state index contributed by atoms with van der Waals surface area (Å²) in [5, 5.41) is 4.17.